The molecule has 0 aliphatic heterocycles. The van der Waals surface area contributed by atoms with Gasteiger partial charge in [0.25, 0.3) is 0 Å². The molecule has 0 unspecified atom stereocenters. The van der Waals surface area contributed by atoms with Crippen molar-refractivity contribution in [3.05, 3.63) is 44.6 Å². The summed E-state index contributed by atoms with van der Waals surface area (Å²) >= 11 is 4.89. The van der Waals surface area contributed by atoms with E-state index in [1.807, 2.05) is 0 Å². The van der Waals surface area contributed by atoms with Gasteiger partial charge in [-0.3, -0.25) is 0 Å². The number of nitrogens with zero attached hydrogens (tertiary/aromatic N) is 1. The maximum atomic E-state index is 13.0. The number of rotatable bonds is 3. The van der Waals surface area contributed by atoms with Crippen LogP contribution in [0.4, 0.5) is 9.52 Å². The van der Waals surface area contributed by atoms with Crippen molar-refractivity contribution in [3.8, 4) is 0 Å². The lowest BCUT2D eigenvalue weighted by Gasteiger charge is -2.07. The Kier molecular flexibility index (Phi) is 4.02. The van der Waals surface area contributed by atoms with Gasteiger partial charge in [0.05, 0.1) is 5.69 Å². The van der Waals surface area contributed by atoms with Crippen LogP contribution in [0.1, 0.15) is 35.9 Å². The highest BCUT2D eigenvalue weighted by Gasteiger charge is 2.14. The Balaban J connectivity index is 2.33. The largest absolute Gasteiger partial charge is 0.375 e. The van der Waals surface area contributed by atoms with Gasteiger partial charge in [0.2, 0.25) is 0 Å². The molecular formula is C13H14BrFN2S. The molecule has 0 atom stereocenters. The van der Waals surface area contributed by atoms with Crippen molar-refractivity contribution in [1.82, 2.24) is 4.98 Å². The second-order valence-corrected chi connectivity index (χ2v) is 6.40. The summed E-state index contributed by atoms with van der Waals surface area (Å²) in [4.78, 5) is 5.51. The number of halogens is 2. The molecule has 18 heavy (non-hydrogen) atoms. The molecule has 1 heterocycles. The summed E-state index contributed by atoms with van der Waals surface area (Å²) in [6.07, 6.45) is 0.725. The lowest BCUT2D eigenvalue weighted by Crippen LogP contribution is -1.96. The minimum atomic E-state index is -0.237. The fourth-order valence-corrected chi connectivity index (χ4v) is 3.30. The fraction of sp³-hybridized carbons (Fsp3) is 0.308. The first-order chi connectivity index (χ1) is 8.47. The molecule has 1 aromatic heterocycles. The van der Waals surface area contributed by atoms with Gasteiger partial charge >= 0.3 is 0 Å². The zero-order valence-electron chi connectivity index (χ0n) is 10.2. The number of hydrogen-bond acceptors (Lipinski definition) is 3. The van der Waals surface area contributed by atoms with E-state index in [0.717, 1.165) is 27.0 Å². The molecule has 2 N–H and O–H groups in total. The Bertz CT molecular complexity index is 566. The minimum Gasteiger partial charge on any atom is -0.375 e. The van der Waals surface area contributed by atoms with Gasteiger partial charge in [0, 0.05) is 15.8 Å². The van der Waals surface area contributed by atoms with Gasteiger partial charge in [0.15, 0.2) is 5.13 Å². The highest BCUT2D eigenvalue weighted by molar-refractivity contribution is 9.10. The SMILES string of the molecule is CC(C)c1nc(N)sc1Cc1ccc(F)cc1Br. The fourth-order valence-electron chi connectivity index (χ4n) is 1.80. The molecule has 96 valence electrons. The van der Waals surface area contributed by atoms with Crippen molar-refractivity contribution in [1.29, 1.82) is 0 Å². The summed E-state index contributed by atoms with van der Waals surface area (Å²) in [6.45, 7) is 4.19. The Hall–Kier alpha value is -0.940. The Morgan fingerprint density at radius 2 is 2.17 bits per heavy atom. The van der Waals surface area contributed by atoms with Crippen LogP contribution in [-0.4, -0.2) is 4.98 Å². The number of aromatic nitrogens is 1. The molecule has 5 heteroatoms. The van der Waals surface area contributed by atoms with E-state index in [0.29, 0.717) is 11.0 Å². The summed E-state index contributed by atoms with van der Waals surface area (Å²) < 4.78 is 13.8. The van der Waals surface area contributed by atoms with E-state index in [4.69, 9.17) is 5.73 Å². The van der Waals surface area contributed by atoms with Crippen LogP contribution in [0, 0.1) is 5.82 Å². The zero-order valence-corrected chi connectivity index (χ0v) is 12.6. The van der Waals surface area contributed by atoms with Gasteiger partial charge in [-0.15, -0.1) is 11.3 Å². The van der Waals surface area contributed by atoms with Crippen LogP contribution in [0.2, 0.25) is 0 Å². The Morgan fingerprint density at radius 3 is 2.78 bits per heavy atom. The molecule has 0 fully saturated rings. The standard InChI is InChI=1S/C13H14BrFN2S/c1-7(2)12-11(18-13(16)17-12)5-8-3-4-9(15)6-10(8)14/h3-4,6-7H,5H2,1-2H3,(H2,16,17). The summed E-state index contributed by atoms with van der Waals surface area (Å²) in [5, 5.41) is 0.590. The van der Waals surface area contributed by atoms with E-state index in [-0.39, 0.29) is 5.82 Å². The average molecular weight is 329 g/mol. The number of anilines is 1. The highest BCUT2D eigenvalue weighted by Crippen LogP contribution is 2.30. The first kappa shape index (κ1) is 13.5. The van der Waals surface area contributed by atoms with Crippen LogP contribution in [0.25, 0.3) is 0 Å². The smallest absolute Gasteiger partial charge is 0.180 e. The number of benzene rings is 1. The number of hydrogen-bond donors (Lipinski definition) is 1. The van der Waals surface area contributed by atoms with Crippen molar-refractivity contribution in [2.45, 2.75) is 26.2 Å². The first-order valence-electron chi connectivity index (χ1n) is 5.66. The maximum absolute atomic E-state index is 13.0. The predicted molar refractivity (Wildman–Crippen MR) is 77.5 cm³/mol. The van der Waals surface area contributed by atoms with Crippen LogP contribution in [-0.2, 0) is 6.42 Å². The molecule has 0 spiro atoms. The van der Waals surface area contributed by atoms with Crippen LogP contribution in [0.5, 0.6) is 0 Å². The third kappa shape index (κ3) is 2.90. The van der Waals surface area contributed by atoms with Gasteiger partial charge in [-0.1, -0.05) is 35.8 Å². The third-order valence-electron chi connectivity index (χ3n) is 2.66. The molecular weight excluding hydrogens is 315 g/mol. The molecule has 2 aromatic rings. The normalized spacial score (nSPS) is 11.2. The van der Waals surface area contributed by atoms with Crippen molar-refractivity contribution in [2.24, 2.45) is 0 Å². The minimum absolute atomic E-state index is 0.237. The van der Waals surface area contributed by atoms with Gasteiger partial charge in [-0.05, 0) is 23.6 Å². The van der Waals surface area contributed by atoms with E-state index < -0.39 is 0 Å². The molecule has 1 aromatic carbocycles. The monoisotopic (exact) mass is 328 g/mol. The molecule has 2 nitrogen and oxygen atoms in total. The zero-order chi connectivity index (χ0) is 13.3. The second kappa shape index (κ2) is 5.36. The van der Waals surface area contributed by atoms with E-state index >= 15 is 0 Å². The molecule has 0 saturated carbocycles. The van der Waals surface area contributed by atoms with Crippen LogP contribution < -0.4 is 5.73 Å². The summed E-state index contributed by atoms with van der Waals surface area (Å²) in [5.74, 6) is 0.103. The molecule has 0 aliphatic rings. The van der Waals surface area contributed by atoms with Gasteiger partial charge < -0.3 is 5.73 Å². The van der Waals surface area contributed by atoms with Gasteiger partial charge in [-0.25, -0.2) is 9.37 Å². The lowest BCUT2D eigenvalue weighted by atomic mass is 10.0. The average Bonchev–Trinajstić information content (AvgIpc) is 2.64. The number of nitrogen functional groups attached to an aromatic ring is 1. The molecule has 0 aliphatic carbocycles. The lowest BCUT2D eigenvalue weighted by molar-refractivity contribution is 0.626. The summed E-state index contributed by atoms with van der Waals surface area (Å²) in [7, 11) is 0. The molecule has 0 amide bonds. The summed E-state index contributed by atoms with van der Waals surface area (Å²) in [5.41, 5.74) is 7.85. The van der Waals surface area contributed by atoms with Crippen molar-refractivity contribution < 1.29 is 4.39 Å². The van der Waals surface area contributed by atoms with E-state index in [1.165, 1.54) is 23.5 Å². The van der Waals surface area contributed by atoms with Crippen LogP contribution in [0.3, 0.4) is 0 Å². The highest BCUT2D eigenvalue weighted by atomic mass is 79.9. The van der Waals surface area contributed by atoms with Crippen molar-refractivity contribution in [3.63, 3.8) is 0 Å². The molecule has 0 radical (unpaired) electrons. The van der Waals surface area contributed by atoms with E-state index in [1.54, 1.807) is 6.07 Å². The number of nitrogens with two attached hydrogens (primary N) is 1. The second-order valence-electron chi connectivity index (χ2n) is 4.43. The Labute approximate surface area is 118 Å². The topological polar surface area (TPSA) is 38.9 Å². The van der Waals surface area contributed by atoms with Gasteiger partial charge in [-0.2, -0.15) is 0 Å². The first-order valence-corrected chi connectivity index (χ1v) is 7.27. The molecule has 0 bridgehead atoms. The summed E-state index contributed by atoms with van der Waals surface area (Å²) in [6, 6.07) is 4.74. The predicted octanol–water partition coefficient (Wildman–Crippen LogP) is 4.34. The van der Waals surface area contributed by atoms with E-state index in [9.17, 15) is 4.39 Å². The van der Waals surface area contributed by atoms with Crippen LogP contribution >= 0.6 is 27.3 Å². The maximum Gasteiger partial charge on any atom is 0.180 e. The third-order valence-corrected chi connectivity index (χ3v) is 4.30. The van der Waals surface area contributed by atoms with Gasteiger partial charge in [0.1, 0.15) is 5.82 Å². The molecule has 0 saturated heterocycles. The van der Waals surface area contributed by atoms with Crippen LogP contribution in [0.15, 0.2) is 22.7 Å². The Morgan fingerprint density at radius 1 is 1.44 bits per heavy atom. The van der Waals surface area contributed by atoms with Crippen molar-refractivity contribution in [2.75, 3.05) is 5.73 Å². The number of thiazole rings is 1. The quantitative estimate of drug-likeness (QED) is 0.910. The molecule has 2 rings (SSSR count). The van der Waals surface area contributed by atoms with E-state index in [2.05, 4.69) is 34.8 Å². The van der Waals surface area contributed by atoms with Crippen molar-refractivity contribution >= 4 is 32.4 Å².